The number of nitrogens with one attached hydrogen (secondary N) is 1. The van der Waals surface area contributed by atoms with Gasteiger partial charge in [-0.05, 0) is 25.0 Å². The number of carbonyl (C=O) groups is 1. The molecule has 0 unspecified atom stereocenters. The summed E-state index contributed by atoms with van der Waals surface area (Å²) in [6.45, 7) is 0.678. The highest BCUT2D eigenvalue weighted by atomic mass is 32.2. The molecule has 0 heterocycles. The van der Waals surface area contributed by atoms with Crippen molar-refractivity contribution in [2.24, 2.45) is 5.73 Å². The molecule has 1 saturated carbocycles. The highest BCUT2D eigenvalue weighted by Crippen LogP contribution is 2.32. The van der Waals surface area contributed by atoms with Gasteiger partial charge in [0.05, 0.1) is 5.54 Å². The summed E-state index contributed by atoms with van der Waals surface area (Å²) in [4.78, 5) is 12.7. The van der Waals surface area contributed by atoms with Crippen LogP contribution in [0.5, 0.6) is 0 Å². The Hall–Kier alpha value is -1.00. The van der Waals surface area contributed by atoms with Gasteiger partial charge in [0.1, 0.15) is 0 Å². The van der Waals surface area contributed by atoms with Crippen molar-refractivity contribution in [3.05, 3.63) is 30.3 Å². The lowest BCUT2D eigenvalue weighted by molar-refractivity contribution is -0.123. The van der Waals surface area contributed by atoms with E-state index in [1.165, 1.54) is 4.90 Å². The van der Waals surface area contributed by atoms with Crippen LogP contribution in [0.25, 0.3) is 0 Å². The summed E-state index contributed by atoms with van der Waals surface area (Å²) in [7, 11) is 0. The fourth-order valence-corrected chi connectivity index (χ4v) is 2.18. The molecule has 1 aromatic rings. The van der Waals surface area contributed by atoms with Gasteiger partial charge in [-0.3, -0.25) is 4.79 Å². The van der Waals surface area contributed by atoms with Crippen LogP contribution < -0.4 is 11.1 Å². The minimum atomic E-state index is -0.544. The van der Waals surface area contributed by atoms with Crippen LogP contribution in [0.1, 0.15) is 12.8 Å². The molecule has 2 rings (SSSR count). The van der Waals surface area contributed by atoms with Crippen molar-refractivity contribution >= 4 is 17.7 Å². The zero-order valence-corrected chi connectivity index (χ0v) is 9.93. The van der Waals surface area contributed by atoms with Gasteiger partial charge in [0, 0.05) is 17.2 Å². The summed E-state index contributed by atoms with van der Waals surface area (Å²) in [5, 5.41) is 2.87. The molecular weight excluding hydrogens is 220 g/mol. The van der Waals surface area contributed by atoms with Crippen LogP contribution in [0.3, 0.4) is 0 Å². The highest BCUT2D eigenvalue weighted by Gasteiger charge is 2.45. The fraction of sp³-hybridized carbons (Fsp3) is 0.417. The summed E-state index contributed by atoms with van der Waals surface area (Å²) in [5.41, 5.74) is 5.22. The summed E-state index contributed by atoms with van der Waals surface area (Å²) in [6.07, 6.45) is 1.65. The lowest BCUT2D eigenvalue weighted by Gasteiger charge is -2.09. The molecule has 1 fully saturated rings. The van der Waals surface area contributed by atoms with E-state index in [1.807, 2.05) is 18.2 Å². The zero-order valence-electron chi connectivity index (χ0n) is 9.11. The summed E-state index contributed by atoms with van der Waals surface area (Å²) in [5.74, 6) is 0.882. The maximum atomic E-state index is 11.5. The second kappa shape index (κ2) is 4.89. The van der Waals surface area contributed by atoms with Gasteiger partial charge in [0.25, 0.3) is 0 Å². The standard InChI is InChI=1S/C12H16N2OS/c13-12(6-7-12)11(15)14-8-9-16-10-4-2-1-3-5-10/h1-5H,6-9,13H2,(H,14,15). The first kappa shape index (κ1) is 11.5. The molecule has 0 bridgehead atoms. The molecule has 4 heteroatoms. The predicted octanol–water partition coefficient (Wildman–Crippen LogP) is 1.39. The molecule has 0 atom stereocenters. The Labute approximate surface area is 99.8 Å². The molecule has 1 aliphatic rings. The highest BCUT2D eigenvalue weighted by molar-refractivity contribution is 7.99. The quantitative estimate of drug-likeness (QED) is 0.600. The van der Waals surface area contributed by atoms with Crippen LogP contribution in [-0.2, 0) is 4.79 Å². The van der Waals surface area contributed by atoms with E-state index in [0.717, 1.165) is 18.6 Å². The first-order valence-electron chi connectivity index (χ1n) is 5.46. The van der Waals surface area contributed by atoms with Gasteiger partial charge < -0.3 is 11.1 Å². The van der Waals surface area contributed by atoms with Gasteiger partial charge in [0.2, 0.25) is 5.91 Å². The smallest absolute Gasteiger partial charge is 0.240 e. The molecule has 1 aromatic carbocycles. The Bertz CT molecular complexity index is 363. The molecule has 0 saturated heterocycles. The van der Waals surface area contributed by atoms with Crippen LogP contribution in [0.2, 0.25) is 0 Å². The van der Waals surface area contributed by atoms with Gasteiger partial charge in [-0.2, -0.15) is 0 Å². The zero-order chi connectivity index (χ0) is 11.4. The molecule has 16 heavy (non-hydrogen) atoms. The predicted molar refractivity (Wildman–Crippen MR) is 66.3 cm³/mol. The molecule has 1 amide bonds. The molecule has 0 aliphatic heterocycles. The normalized spacial score (nSPS) is 16.8. The third-order valence-electron chi connectivity index (χ3n) is 2.64. The van der Waals surface area contributed by atoms with E-state index in [1.54, 1.807) is 11.8 Å². The lowest BCUT2D eigenvalue weighted by atomic mass is 10.3. The maximum absolute atomic E-state index is 11.5. The molecule has 3 N–H and O–H groups in total. The lowest BCUT2D eigenvalue weighted by Crippen LogP contribution is -2.43. The average Bonchev–Trinajstić information content (AvgIpc) is 3.05. The van der Waals surface area contributed by atoms with Crippen molar-refractivity contribution in [2.45, 2.75) is 23.3 Å². The number of nitrogens with two attached hydrogens (primary N) is 1. The number of rotatable bonds is 5. The third kappa shape index (κ3) is 3.00. The number of thioether (sulfide) groups is 1. The van der Waals surface area contributed by atoms with E-state index in [-0.39, 0.29) is 5.91 Å². The van der Waals surface area contributed by atoms with Gasteiger partial charge in [-0.1, -0.05) is 18.2 Å². The van der Waals surface area contributed by atoms with Crippen LogP contribution in [0.15, 0.2) is 35.2 Å². The van der Waals surface area contributed by atoms with Crippen molar-refractivity contribution in [3.8, 4) is 0 Å². The van der Waals surface area contributed by atoms with E-state index in [9.17, 15) is 4.79 Å². The van der Waals surface area contributed by atoms with E-state index >= 15 is 0 Å². The first-order valence-corrected chi connectivity index (χ1v) is 6.44. The molecule has 0 radical (unpaired) electrons. The Balaban J connectivity index is 1.64. The van der Waals surface area contributed by atoms with Crippen molar-refractivity contribution in [2.75, 3.05) is 12.3 Å². The van der Waals surface area contributed by atoms with Crippen LogP contribution >= 0.6 is 11.8 Å². The SMILES string of the molecule is NC1(C(=O)NCCSc2ccccc2)CC1. The summed E-state index contributed by atoms with van der Waals surface area (Å²) >= 11 is 1.74. The second-order valence-corrected chi connectivity index (χ2v) is 5.24. The summed E-state index contributed by atoms with van der Waals surface area (Å²) in [6, 6.07) is 10.2. The Morgan fingerprint density at radius 2 is 2.06 bits per heavy atom. The molecule has 0 spiro atoms. The number of benzene rings is 1. The van der Waals surface area contributed by atoms with Gasteiger partial charge >= 0.3 is 0 Å². The maximum Gasteiger partial charge on any atom is 0.240 e. The number of amides is 1. The van der Waals surface area contributed by atoms with Crippen molar-refractivity contribution in [3.63, 3.8) is 0 Å². The third-order valence-corrected chi connectivity index (χ3v) is 3.65. The van der Waals surface area contributed by atoms with Gasteiger partial charge in [-0.15, -0.1) is 11.8 Å². The van der Waals surface area contributed by atoms with Crippen LogP contribution in [-0.4, -0.2) is 23.7 Å². The van der Waals surface area contributed by atoms with E-state index in [2.05, 4.69) is 17.4 Å². The molecule has 1 aliphatic carbocycles. The number of hydrogen-bond acceptors (Lipinski definition) is 3. The van der Waals surface area contributed by atoms with E-state index in [4.69, 9.17) is 5.73 Å². The monoisotopic (exact) mass is 236 g/mol. The Kier molecular flexibility index (Phi) is 3.51. The number of hydrogen-bond donors (Lipinski definition) is 2. The van der Waals surface area contributed by atoms with E-state index in [0.29, 0.717) is 6.54 Å². The van der Waals surface area contributed by atoms with Gasteiger partial charge in [-0.25, -0.2) is 0 Å². The minimum Gasteiger partial charge on any atom is -0.354 e. The average molecular weight is 236 g/mol. The van der Waals surface area contributed by atoms with Crippen LogP contribution in [0.4, 0.5) is 0 Å². The number of carbonyl (C=O) groups excluding carboxylic acids is 1. The van der Waals surface area contributed by atoms with Gasteiger partial charge in [0.15, 0.2) is 0 Å². The van der Waals surface area contributed by atoms with Crippen molar-refractivity contribution in [1.29, 1.82) is 0 Å². The topological polar surface area (TPSA) is 55.1 Å². The first-order chi connectivity index (χ1) is 7.71. The fourth-order valence-electron chi connectivity index (χ4n) is 1.39. The largest absolute Gasteiger partial charge is 0.354 e. The van der Waals surface area contributed by atoms with E-state index < -0.39 is 5.54 Å². The van der Waals surface area contributed by atoms with Crippen molar-refractivity contribution in [1.82, 2.24) is 5.32 Å². The molecule has 3 nitrogen and oxygen atoms in total. The second-order valence-electron chi connectivity index (χ2n) is 4.07. The molecule has 86 valence electrons. The Morgan fingerprint density at radius 3 is 2.69 bits per heavy atom. The summed E-state index contributed by atoms with van der Waals surface area (Å²) < 4.78 is 0. The van der Waals surface area contributed by atoms with Crippen LogP contribution in [0, 0.1) is 0 Å². The van der Waals surface area contributed by atoms with Crippen molar-refractivity contribution < 1.29 is 4.79 Å². The molecule has 0 aromatic heterocycles. The minimum absolute atomic E-state index is 0.00108. The molecular formula is C12H16N2OS. The Morgan fingerprint density at radius 1 is 1.38 bits per heavy atom.